The summed E-state index contributed by atoms with van der Waals surface area (Å²) in [6, 6.07) is 6.45. The number of halogens is 2. The molecule has 2 rings (SSSR count). The second-order valence-corrected chi connectivity index (χ2v) is 6.06. The van der Waals surface area contributed by atoms with Crippen LogP contribution in [0.15, 0.2) is 22.7 Å². The zero-order valence-electron chi connectivity index (χ0n) is 10.3. The van der Waals surface area contributed by atoms with Crippen molar-refractivity contribution in [2.24, 2.45) is 5.92 Å². The molecule has 0 saturated heterocycles. The fourth-order valence-electron chi connectivity index (χ4n) is 2.57. The van der Waals surface area contributed by atoms with E-state index >= 15 is 0 Å². The molecule has 0 N–H and O–H groups in total. The van der Waals surface area contributed by atoms with Crippen LogP contribution in [0.1, 0.15) is 31.2 Å². The van der Waals surface area contributed by atoms with Gasteiger partial charge < -0.3 is 4.90 Å². The molecular weight excluding hydrogens is 298 g/mol. The van der Waals surface area contributed by atoms with Gasteiger partial charge in [0.15, 0.2) is 0 Å². The number of alkyl halides is 1. The maximum atomic E-state index is 5.86. The molecule has 0 radical (unpaired) electrons. The third-order valence-corrected chi connectivity index (χ3v) is 4.65. The van der Waals surface area contributed by atoms with Gasteiger partial charge in [-0.05, 0) is 36.5 Å². The standard InChI is InChI=1S/C14H19BrClN/c1-17(10-11-4-2-3-5-11)13-7-6-12(9-16)14(15)8-13/h6-8,11H,2-5,9-10H2,1H3. The highest BCUT2D eigenvalue weighted by molar-refractivity contribution is 9.10. The van der Waals surface area contributed by atoms with Crippen LogP contribution in [0.25, 0.3) is 0 Å². The quantitative estimate of drug-likeness (QED) is 0.720. The van der Waals surface area contributed by atoms with Gasteiger partial charge in [0.25, 0.3) is 0 Å². The lowest BCUT2D eigenvalue weighted by molar-refractivity contribution is 0.547. The highest BCUT2D eigenvalue weighted by atomic mass is 79.9. The van der Waals surface area contributed by atoms with Crippen LogP contribution in [-0.4, -0.2) is 13.6 Å². The summed E-state index contributed by atoms with van der Waals surface area (Å²) in [5.41, 5.74) is 2.43. The van der Waals surface area contributed by atoms with Crippen LogP contribution in [0.2, 0.25) is 0 Å². The lowest BCUT2D eigenvalue weighted by Gasteiger charge is -2.23. The first kappa shape index (κ1) is 13.2. The average Bonchev–Trinajstić information content (AvgIpc) is 2.81. The van der Waals surface area contributed by atoms with Gasteiger partial charge >= 0.3 is 0 Å². The first-order valence-electron chi connectivity index (χ1n) is 6.26. The van der Waals surface area contributed by atoms with Crippen molar-refractivity contribution in [3.05, 3.63) is 28.2 Å². The highest BCUT2D eigenvalue weighted by Gasteiger charge is 2.17. The Morgan fingerprint density at radius 1 is 1.35 bits per heavy atom. The Labute approximate surface area is 117 Å². The van der Waals surface area contributed by atoms with Crippen molar-refractivity contribution >= 4 is 33.2 Å². The Hall–Kier alpha value is -0.210. The van der Waals surface area contributed by atoms with Crippen molar-refractivity contribution in [3.8, 4) is 0 Å². The topological polar surface area (TPSA) is 3.24 Å². The van der Waals surface area contributed by atoms with Gasteiger partial charge in [-0.15, -0.1) is 11.6 Å². The van der Waals surface area contributed by atoms with Gasteiger partial charge in [-0.3, -0.25) is 0 Å². The molecule has 0 aromatic heterocycles. The Balaban J connectivity index is 2.02. The van der Waals surface area contributed by atoms with Crippen molar-refractivity contribution in [1.29, 1.82) is 0 Å². The van der Waals surface area contributed by atoms with Gasteiger partial charge in [0, 0.05) is 29.6 Å². The van der Waals surface area contributed by atoms with E-state index in [-0.39, 0.29) is 0 Å². The zero-order valence-corrected chi connectivity index (χ0v) is 12.6. The van der Waals surface area contributed by atoms with Crippen molar-refractivity contribution in [2.45, 2.75) is 31.6 Å². The molecule has 0 bridgehead atoms. The van der Waals surface area contributed by atoms with E-state index in [4.69, 9.17) is 11.6 Å². The van der Waals surface area contributed by atoms with Gasteiger partial charge in [-0.1, -0.05) is 34.8 Å². The monoisotopic (exact) mass is 315 g/mol. The molecule has 1 fully saturated rings. The van der Waals surface area contributed by atoms with Crippen molar-refractivity contribution in [1.82, 2.24) is 0 Å². The number of hydrogen-bond donors (Lipinski definition) is 0. The van der Waals surface area contributed by atoms with Crippen molar-refractivity contribution in [2.75, 3.05) is 18.5 Å². The maximum Gasteiger partial charge on any atom is 0.0485 e. The van der Waals surface area contributed by atoms with E-state index in [9.17, 15) is 0 Å². The third kappa shape index (κ3) is 3.38. The predicted octanol–water partition coefficient (Wildman–Crippen LogP) is 4.81. The van der Waals surface area contributed by atoms with E-state index in [0.29, 0.717) is 5.88 Å². The minimum Gasteiger partial charge on any atom is -0.374 e. The smallest absolute Gasteiger partial charge is 0.0485 e. The summed E-state index contributed by atoms with van der Waals surface area (Å²) in [7, 11) is 2.18. The molecule has 0 spiro atoms. The first-order chi connectivity index (χ1) is 8.20. The van der Waals surface area contributed by atoms with Gasteiger partial charge in [0.2, 0.25) is 0 Å². The largest absolute Gasteiger partial charge is 0.374 e. The summed E-state index contributed by atoms with van der Waals surface area (Å²) >= 11 is 9.44. The molecule has 1 nitrogen and oxygen atoms in total. The zero-order chi connectivity index (χ0) is 12.3. The fraction of sp³-hybridized carbons (Fsp3) is 0.571. The summed E-state index contributed by atoms with van der Waals surface area (Å²) in [5, 5.41) is 0. The summed E-state index contributed by atoms with van der Waals surface area (Å²) in [4.78, 5) is 2.36. The molecule has 1 aromatic carbocycles. The SMILES string of the molecule is CN(CC1CCCC1)c1ccc(CCl)c(Br)c1. The molecule has 17 heavy (non-hydrogen) atoms. The summed E-state index contributed by atoms with van der Waals surface area (Å²) in [5.74, 6) is 1.44. The molecule has 0 unspecified atom stereocenters. The van der Waals surface area contributed by atoms with Crippen molar-refractivity contribution < 1.29 is 0 Å². The molecule has 1 aliphatic carbocycles. The van der Waals surface area contributed by atoms with Crippen LogP contribution in [0, 0.1) is 5.92 Å². The van der Waals surface area contributed by atoms with E-state index < -0.39 is 0 Å². The Bertz CT molecular complexity index is 374. The summed E-state index contributed by atoms with van der Waals surface area (Å²) in [6.45, 7) is 1.17. The van der Waals surface area contributed by atoms with Crippen molar-refractivity contribution in [3.63, 3.8) is 0 Å². The number of anilines is 1. The van der Waals surface area contributed by atoms with E-state index in [1.807, 2.05) is 0 Å². The molecule has 0 atom stereocenters. The van der Waals surface area contributed by atoms with E-state index in [0.717, 1.165) is 16.0 Å². The van der Waals surface area contributed by atoms with E-state index in [1.54, 1.807) is 0 Å². The lowest BCUT2D eigenvalue weighted by atomic mass is 10.1. The van der Waals surface area contributed by atoms with Crippen LogP contribution in [-0.2, 0) is 5.88 Å². The lowest BCUT2D eigenvalue weighted by Crippen LogP contribution is -2.23. The van der Waals surface area contributed by atoms with E-state index in [1.165, 1.54) is 37.9 Å². The van der Waals surface area contributed by atoms with Crippen LogP contribution in [0.5, 0.6) is 0 Å². The van der Waals surface area contributed by atoms with Crippen LogP contribution < -0.4 is 4.90 Å². The fourth-order valence-corrected chi connectivity index (χ4v) is 3.47. The van der Waals surface area contributed by atoms with Gasteiger partial charge in [-0.2, -0.15) is 0 Å². The van der Waals surface area contributed by atoms with Gasteiger partial charge in [-0.25, -0.2) is 0 Å². The molecule has 3 heteroatoms. The molecule has 0 aliphatic heterocycles. The average molecular weight is 317 g/mol. The molecule has 1 saturated carbocycles. The van der Waals surface area contributed by atoms with Crippen LogP contribution in [0.4, 0.5) is 5.69 Å². The Morgan fingerprint density at radius 2 is 2.06 bits per heavy atom. The highest BCUT2D eigenvalue weighted by Crippen LogP contribution is 2.29. The Kier molecular flexibility index (Phi) is 4.75. The number of nitrogens with zero attached hydrogens (tertiary/aromatic N) is 1. The number of benzene rings is 1. The molecule has 0 heterocycles. The maximum absolute atomic E-state index is 5.86. The second kappa shape index (κ2) is 6.10. The Morgan fingerprint density at radius 3 is 2.65 bits per heavy atom. The minimum absolute atomic E-state index is 0.563. The molecule has 94 valence electrons. The van der Waals surface area contributed by atoms with Gasteiger partial charge in [0.05, 0.1) is 0 Å². The van der Waals surface area contributed by atoms with Crippen LogP contribution >= 0.6 is 27.5 Å². The minimum atomic E-state index is 0.563. The predicted molar refractivity (Wildman–Crippen MR) is 78.9 cm³/mol. The molecule has 1 aromatic rings. The number of hydrogen-bond acceptors (Lipinski definition) is 1. The second-order valence-electron chi connectivity index (χ2n) is 4.94. The summed E-state index contributed by atoms with van der Waals surface area (Å²) in [6.07, 6.45) is 5.61. The van der Waals surface area contributed by atoms with Crippen LogP contribution in [0.3, 0.4) is 0 Å². The number of rotatable bonds is 4. The molecule has 1 aliphatic rings. The summed E-state index contributed by atoms with van der Waals surface area (Å²) < 4.78 is 1.11. The molecular formula is C14H19BrClN. The van der Waals surface area contributed by atoms with Gasteiger partial charge in [0.1, 0.15) is 0 Å². The first-order valence-corrected chi connectivity index (χ1v) is 7.59. The van der Waals surface area contributed by atoms with E-state index in [2.05, 4.69) is 46.1 Å². The third-order valence-electron chi connectivity index (χ3n) is 3.63. The normalized spacial score (nSPS) is 16.4. The molecule has 0 amide bonds.